The Morgan fingerprint density at radius 2 is 1.78 bits per heavy atom. The van der Waals surface area contributed by atoms with Crippen LogP contribution in [0.3, 0.4) is 0 Å². The van der Waals surface area contributed by atoms with Crippen LogP contribution in [0.5, 0.6) is 0 Å². The van der Waals surface area contributed by atoms with Crippen LogP contribution in [0.25, 0.3) is 6.08 Å². The summed E-state index contributed by atoms with van der Waals surface area (Å²) in [5, 5.41) is 2.18. The van der Waals surface area contributed by atoms with Crippen molar-refractivity contribution in [3.05, 3.63) is 59.1 Å². The number of hydrogen-bond donors (Lipinski definition) is 1. The van der Waals surface area contributed by atoms with Gasteiger partial charge in [0.15, 0.2) is 0 Å². The second-order valence-electron chi connectivity index (χ2n) is 5.19. The van der Waals surface area contributed by atoms with E-state index in [0.717, 1.165) is 10.5 Å². The van der Waals surface area contributed by atoms with Gasteiger partial charge in [0, 0.05) is 0 Å². The van der Waals surface area contributed by atoms with Gasteiger partial charge in [-0.25, -0.2) is 9.69 Å². The lowest BCUT2D eigenvalue weighted by molar-refractivity contribution is -0.122. The molecule has 0 saturated carbocycles. The minimum atomic E-state index is -0.762. The first kappa shape index (κ1) is 14.8. The van der Waals surface area contributed by atoms with E-state index in [1.807, 2.05) is 0 Å². The van der Waals surface area contributed by atoms with Gasteiger partial charge < -0.3 is 4.42 Å². The van der Waals surface area contributed by atoms with E-state index in [1.54, 1.807) is 50.2 Å². The molecule has 0 radical (unpaired) electrons. The molecule has 4 amide bonds. The number of amides is 4. The molecule has 116 valence electrons. The second kappa shape index (κ2) is 5.57. The number of carbonyl (C=O) groups excluding carboxylic acids is 3. The summed E-state index contributed by atoms with van der Waals surface area (Å²) >= 11 is 0. The van der Waals surface area contributed by atoms with Crippen LogP contribution in [0.4, 0.5) is 10.5 Å². The van der Waals surface area contributed by atoms with E-state index in [0.29, 0.717) is 17.2 Å². The summed E-state index contributed by atoms with van der Waals surface area (Å²) in [5.41, 5.74) is 1.03. The highest BCUT2D eigenvalue weighted by atomic mass is 16.3. The van der Waals surface area contributed by atoms with E-state index in [9.17, 15) is 14.4 Å². The molecule has 1 aromatic carbocycles. The van der Waals surface area contributed by atoms with Crippen LogP contribution in [-0.4, -0.2) is 17.8 Å². The maximum Gasteiger partial charge on any atom is 0.335 e. The average Bonchev–Trinajstić information content (AvgIpc) is 2.91. The predicted molar refractivity (Wildman–Crippen MR) is 83.6 cm³/mol. The van der Waals surface area contributed by atoms with Crippen molar-refractivity contribution in [2.75, 3.05) is 4.90 Å². The molecule has 0 atom stereocenters. The monoisotopic (exact) mass is 310 g/mol. The fourth-order valence-electron chi connectivity index (χ4n) is 2.36. The minimum Gasteiger partial charge on any atom is -0.462 e. The first-order chi connectivity index (χ1) is 11.0. The summed E-state index contributed by atoms with van der Waals surface area (Å²) in [4.78, 5) is 37.7. The molecule has 0 bridgehead atoms. The quantitative estimate of drug-likeness (QED) is 0.683. The Labute approximate surface area is 132 Å². The number of furan rings is 1. The lowest BCUT2D eigenvalue weighted by atomic mass is 10.1. The maximum atomic E-state index is 12.6. The number of urea groups is 1. The van der Waals surface area contributed by atoms with E-state index in [2.05, 4.69) is 5.32 Å². The molecule has 2 heterocycles. The Balaban J connectivity index is 2.04. The lowest BCUT2D eigenvalue weighted by Gasteiger charge is -2.27. The second-order valence-corrected chi connectivity index (χ2v) is 5.19. The van der Waals surface area contributed by atoms with E-state index < -0.39 is 17.8 Å². The predicted octanol–water partition coefficient (Wildman–Crippen LogP) is 2.56. The van der Waals surface area contributed by atoms with Gasteiger partial charge in [-0.3, -0.25) is 14.9 Å². The van der Waals surface area contributed by atoms with Gasteiger partial charge >= 0.3 is 6.03 Å². The molecule has 3 rings (SSSR count). The fourth-order valence-corrected chi connectivity index (χ4v) is 2.36. The molecule has 2 aromatic rings. The van der Waals surface area contributed by atoms with Crippen LogP contribution >= 0.6 is 0 Å². The summed E-state index contributed by atoms with van der Waals surface area (Å²) < 4.78 is 5.36. The third-order valence-corrected chi connectivity index (χ3v) is 3.51. The van der Waals surface area contributed by atoms with Crippen LogP contribution in [0.15, 0.2) is 46.4 Å². The Bertz CT molecular complexity index is 848. The number of rotatable bonds is 2. The normalized spacial score (nSPS) is 16.9. The molecule has 0 aliphatic carbocycles. The SMILES string of the molecule is Cc1ccc(C=C2C(=O)NC(=O)N(c3ccccc3C)C2=O)o1. The minimum absolute atomic E-state index is 0.151. The number of hydrogen-bond acceptors (Lipinski definition) is 4. The number of aryl methyl sites for hydroxylation is 2. The zero-order valence-electron chi connectivity index (χ0n) is 12.6. The van der Waals surface area contributed by atoms with Crippen molar-refractivity contribution in [1.82, 2.24) is 5.32 Å². The van der Waals surface area contributed by atoms with Crippen molar-refractivity contribution in [3.8, 4) is 0 Å². The first-order valence-electron chi connectivity index (χ1n) is 7.01. The molecule has 6 heteroatoms. The van der Waals surface area contributed by atoms with Crippen LogP contribution in [0.1, 0.15) is 17.1 Å². The highest BCUT2D eigenvalue weighted by Gasteiger charge is 2.37. The van der Waals surface area contributed by atoms with E-state index in [1.165, 1.54) is 6.08 Å². The van der Waals surface area contributed by atoms with Gasteiger partial charge in [0.2, 0.25) is 0 Å². The van der Waals surface area contributed by atoms with Crippen molar-refractivity contribution in [2.45, 2.75) is 13.8 Å². The molecule has 1 fully saturated rings. The van der Waals surface area contributed by atoms with Crippen molar-refractivity contribution in [1.29, 1.82) is 0 Å². The number of anilines is 1. The number of nitrogens with zero attached hydrogens (tertiary/aromatic N) is 1. The van der Waals surface area contributed by atoms with Crippen molar-refractivity contribution < 1.29 is 18.8 Å². The van der Waals surface area contributed by atoms with Crippen LogP contribution in [-0.2, 0) is 9.59 Å². The number of imide groups is 2. The third-order valence-electron chi connectivity index (χ3n) is 3.51. The topological polar surface area (TPSA) is 79.6 Å². The molecule has 6 nitrogen and oxygen atoms in total. The number of para-hydroxylation sites is 1. The standard InChI is InChI=1S/C17H14N2O4/c1-10-5-3-4-6-14(10)19-16(21)13(15(20)18-17(19)22)9-12-8-7-11(2)23-12/h3-9H,1-2H3,(H,18,20,22). The first-order valence-corrected chi connectivity index (χ1v) is 7.01. The van der Waals surface area contributed by atoms with E-state index >= 15 is 0 Å². The summed E-state index contributed by atoms with van der Waals surface area (Å²) in [6.07, 6.45) is 1.34. The molecule has 0 spiro atoms. The van der Waals surface area contributed by atoms with Crippen molar-refractivity contribution in [3.63, 3.8) is 0 Å². The van der Waals surface area contributed by atoms with Gasteiger partial charge in [-0.1, -0.05) is 18.2 Å². The Morgan fingerprint density at radius 3 is 2.43 bits per heavy atom. The summed E-state index contributed by atoms with van der Waals surface area (Å²) in [7, 11) is 0. The van der Waals surface area contributed by atoms with Gasteiger partial charge in [0.25, 0.3) is 11.8 Å². The van der Waals surface area contributed by atoms with Crippen LogP contribution in [0.2, 0.25) is 0 Å². The Morgan fingerprint density at radius 1 is 1.04 bits per heavy atom. The molecule has 1 N–H and O–H groups in total. The summed E-state index contributed by atoms with van der Waals surface area (Å²) in [6.45, 7) is 3.54. The molecule has 1 aromatic heterocycles. The number of barbiturate groups is 1. The third kappa shape index (κ3) is 2.66. The van der Waals surface area contributed by atoms with Gasteiger partial charge in [-0.15, -0.1) is 0 Å². The smallest absolute Gasteiger partial charge is 0.335 e. The van der Waals surface area contributed by atoms with Gasteiger partial charge in [-0.05, 0) is 43.7 Å². The van der Waals surface area contributed by atoms with Crippen molar-refractivity contribution in [2.24, 2.45) is 0 Å². The van der Waals surface area contributed by atoms with Crippen molar-refractivity contribution >= 4 is 29.6 Å². The molecule has 1 saturated heterocycles. The Hall–Kier alpha value is -3.15. The van der Waals surface area contributed by atoms with Gasteiger partial charge in [0.05, 0.1) is 5.69 Å². The van der Waals surface area contributed by atoms with Crippen LogP contribution in [0, 0.1) is 13.8 Å². The zero-order chi connectivity index (χ0) is 16.6. The molecule has 0 unspecified atom stereocenters. The van der Waals surface area contributed by atoms with Crippen LogP contribution < -0.4 is 10.2 Å². The van der Waals surface area contributed by atoms with Gasteiger partial charge in [-0.2, -0.15) is 0 Å². The lowest BCUT2D eigenvalue weighted by Crippen LogP contribution is -2.54. The number of nitrogens with one attached hydrogen (secondary N) is 1. The molecule has 1 aliphatic heterocycles. The van der Waals surface area contributed by atoms with E-state index in [-0.39, 0.29) is 5.57 Å². The highest BCUT2D eigenvalue weighted by Crippen LogP contribution is 2.25. The van der Waals surface area contributed by atoms with E-state index in [4.69, 9.17) is 4.42 Å². The molecule has 23 heavy (non-hydrogen) atoms. The highest BCUT2D eigenvalue weighted by molar-refractivity contribution is 6.39. The molecule has 1 aliphatic rings. The largest absolute Gasteiger partial charge is 0.462 e. The molecular weight excluding hydrogens is 296 g/mol. The zero-order valence-corrected chi connectivity index (χ0v) is 12.6. The summed E-state index contributed by atoms with van der Waals surface area (Å²) in [6, 6.07) is 9.57. The fraction of sp³-hybridized carbons (Fsp3) is 0.118. The Kier molecular flexibility index (Phi) is 3.57. The average molecular weight is 310 g/mol. The van der Waals surface area contributed by atoms with Gasteiger partial charge in [0.1, 0.15) is 17.1 Å². The molecular formula is C17H14N2O4. The number of benzene rings is 1. The number of carbonyl (C=O) groups is 3. The maximum absolute atomic E-state index is 12.6. The summed E-state index contributed by atoms with van der Waals surface area (Å²) in [5.74, 6) is -0.381.